The maximum Gasteiger partial charge on any atom is 0.270 e. The maximum absolute atomic E-state index is 12.5. The quantitative estimate of drug-likeness (QED) is 0.553. The Morgan fingerprint density at radius 2 is 2.04 bits per heavy atom. The molecule has 8 heteroatoms. The summed E-state index contributed by atoms with van der Waals surface area (Å²) in [6, 6.07) is 13.3. The molecule has 122 valence electrons. The minimum atomic E-state index is -0.809. The maximum atomic E-state index is 12.5. The van der Waals surface area contributed by atoms with Crippen LogP contribution in [0.25, 0.3) is 10.9 Å². The van der Waals surface area contributed by atoms with Gasteiger partial charge in [0.2, 0.25) is 0 Å². The van der Waals surface area contributed by atoms with Crippen molar-refractivity contribution in [1.29, 1.82) is 0 Å². The molecule has 0 bridgehead atoms. The van der Waals surface area contributed by atoms with Gasteiger partial charge in [-0.2, -0.15) is 5.10 Å². The van der Waals surface area contributed by atoms with E-state index >= 15 is 0 Å². The molecule has 3 aromatic rings. The molecule has 0 saturated heterocycles. The lowest BCUT2D eigenvalue weighted by atomic mass is 10.1. The van der Waals surface area contributed by atoms with E-state index in [0.717, 1.165) is 0 Å². The third-order valence-corrected chi connectivity index (χ3v) is 3.58. The number of nitro groups is 1. The normalized spacial score (nSPS) is 12.0. The fourth-order valence-electron chi connectivity index (χ4n) is 2.42. The lowest BCUT2D eigenvalue weighted by Gasteiger charge is -2.14. The van der Waals surface area contributed by atoms with Crippen LogP contribution in [0.4, 0.5) is 11.5 Å². The van der Waals surface area contributed by atoms with Crippen molar-refractivity contribution in [3.05, 3.63) is 64.2 Å². The first kappa shape index (κ1) is 15.6. The van der Waals surface area contributed by atoms with Gasteiger partial charge in [-0.25, -0.2) is 0 Å². The molecule has 1 heterocycles. The third kappa shape index (κ3) is 2.95. The van der Waals surface area contributed by atoms with Gasteiger partial charge >= 0.3 is 0 Å². The number of methoxy groups -OCH3 is 1. The third-order valence-electron chi connectivity index (χ3n) is 3.58. The highest BCUT2D eigenvalue weighted by Crippen LogP contribution is 2.26. The average molecular weight is 326 g/mol. The average Bonchev–Trinajstić information content (AvgIpc) is 2.98. The number of aromatic amines is 1. The number of H-pyrrole nitrogens is 1. The van der Waals surface area contributed by atoms with Crippen LogP contribution in [-0.4, -0.2) is 28.1 Å². The van der Waals surface area contributed by atoms with Crippen molar-refractivity contribution in [2.24, 2.45) is 0 Å². The lowest BCUT2D eigenvalue weighted by Crippen LogP contribution is -2.22. The number of nitrogens with zero attached hydrogens (tertiary/aromatic N) is 2. The van der Waals surface area contributed by atoms with Gasteiger partial charge in [-0.1, -0.05) is 30.3 Å². The molecular weight excluding hydrogens is 312 g/mol. The molecular formula is C16H14N4O4. The summed E-state index contributed by atoms with van der Waals surface area (Å²) in [5, 5.41) is 20.8. The monoisotopic (exact) mass is 326 g/mol. The van der Waals surface area contributed by atoms with Gasteiger partial charge in [0.15, 0.2) is 11.9 Å². The van der Waals surface area contributed by atoms with Crippen molar-refractivity contribution in [2.45, 2.75) is 6.10 Å². The molecule has 0 aliphatic rings. The summed E-state index contributed by atoms with van der Waals surface area (Å²) in [5.41, 5.74) is 1.21. The number of amides is 1. The molecule has 24 heavy (non-hydrogen) atoms. The number of ether oxygens (including phenoxy) is 1. The van der Waals surface area contributed by atoms with Gasteiger partial charge in [0.05, 0.1) is 15.8 Å². The highest BCUT2D eigenvalue weighted by molar-refractivity contribution is 6.02. The van der Waals surface area contributed by atoms with Crippen molar-refractivity contribution < 1.29 is 14.5 Å². The Kier molecular flexibility index (Phi) is 4.21. The van der Waals surface area contributed by atoms with Crippen LogP contribution in [-0.2, 0) is 9.53 Å². The molecule has 0 fully saturated rings. The Morgan fingerprint density at radius 3 is 2.71 bits per heavy atom. The first-order chi connectivity index (χ1) is 11.6. The molecule has 0 radical (unpaired) electrons. The van der Waals surface area contributed by atoms with Gasteiger partial charge in [-0.15, -0.1) is 0 Å². The molecule has 0 spiro atoms. The zero-order chi connectivity index (χ0) is 17.1. The minimum Gasteiger partial charge on any atom is -0.367 e. The Morgan fingerprint density at radius 1 is 1.29 bits per heavy atom. The van der Waals surface area contributed by atoms with Gasteiger partial charge in [0.1, 0.15) is 0 Å². The molecule has 2 aromatic carbocycles. The summed E-state index contributed by atoms with van der Waals surface area (Å²) in [5.74, 6) is -0.194. The number of nitro benzene ring substituents is 1. The minimum absolute atomic E-state index is 0.0780. The smallest absolute Gasteiger partial charge is 0.270 e. The summed E-state index contributed by atoms with van der Waals surface area (Å²) in [6.07, 6.45) is -0.809. The standard InChI is InChI=1S/C16H14N4O4/c1-24-14(10-5-3-2-4-6-10)16(21)17-15-12-9-11(20(22)23)7-8-13(12)18-19-15/h2-9,14H,1H3,(H2,17,18,19,21)/t14-/m1/s1. The van der Waals surface area contributed by atoms with Gasteiger partial charge in [-0.3, -0.25) is 20.0 Å². The predicted molar refractivity (Wildman–Crippen MR) is 87.6 cm³/mol. The van der Waals surface area contributed by atoms with Crippen molar-refractivity contribution in [1.82, 2.24) is 10.2 Å². The van der Waals surface area contributed by atoms with Crippen LogP contribution in [0, 0.1) is 10.1 Å². The Hall–Kier alpha value is -3.26. The topological polar surface area (TPSA) is 110 Å². The second kappa shape index (κ2) is 6.47. The largest absolute Gasteiger partial charge is 0.367 e. The Balaban J connectivity index is 1.90. The zero-order valence-corrected chi connectivity index (χ0v) is 12.7. The summed E-state index contributed by atoms with van der Waals surface area (Å²) in [7, 11) is 1.44. The molecule has 1 aromatic heterocycles. The highest BCUT2D eigenvalue weighted by atomic mass is 16.6. The van der Waals surface area contributed by atoms with Crippen LogP contribution in [0.5, 0.6) is 0 Å². The predicted octanol–water partition coefficient (Wildman–Crippen LogP) is 2.80. The molecule has 8 nitrogen and oxygen atoms in total. The van der Waals surface area contributed by atoms with Crippen LogP contribution in [0.15, 0.2) is 48.5 Å². The number of nitrogens with one attached hydrogen (secondary N) is 2. The van der Waals surface area contributed by atoms with E-state index in [9.17, 15) is 14.9 Å². The summed E-state index contributed by atoms with van der Waals surface area (Å²) >= 11 is 0. The van der Waals surface area contributed by atoms with E-state index in [1.165, 1.54) is 19.2 Å². The number of carbonyl (C=O) groups excluding carboxylic acids is 1. The fourth-order valence-corrected chi connectivity index (χ4v) is 2.42. The zero-order valence-electron chi connectivity index (χ0n) is 12.7. The van der Waals surface area contributed by atoms with E-state index in [1.54, 1.807) is 18.2 Å². The first-order valence-corrected chi connectivity index (χ1v) is 7.11. The van der Waals surface area contributed by atoms with Gasteiger partial charge < -0.3 is 10.1 Å². The number of benzene rings is 2. The number of carbonyl (C=O) groups is 1. The van der Waals surface area contributed by atoms with Crippen molar-refractivity contribution >= 4 is 28.3 Å². The van der Waals surface area contributed by atoms with Gasteiger partial charge in [0, 0.05) is 19.2 Å². The Labute approximate surface area is 136 Å². The van der Waals surface area contributed by atoms with Crippen LogP contribution < -0.4 is 5.32 Å². The molecule has 1 atom stereocenters. The number of aromatic nitrogens is 2. The number of fused-ring (bicyclic) bond motifs is 1. The number of rotatable bonds is 5. The van der Waals surface area contributed by atoms with Gasteiger partial charge in [0.25, 0.3) is 11.6 Å². The molecule has 0 aliphatic carbocycles. The number of anilines is 1. The molecule has 0 aliphatic heterocycles. The van der Waals surface area contributed by atoms with E-state index in [4.69, 9.17) is 4.74 Å². The van der Waals surface area contributed by atoms with Gasteiger partial charge in [-0.05, 0) is 11.6 Å². The fraction of sp³-hybridized carbons (Fsp3) is 0.125. The number of hydrogen-bond acceptors (Lipinski definition) is 5. The van der Waals surface area contributed by atoms with Crippen molar-refractivity contribution in [3.8, 4) is 0 Å². The number of hydrogen-bond donors (Lipinski definition) is 2. The highest BCUT2D eigenvalue weighted by Gasteiger charge is 2.22. The van der Waals surface area contributed by atoms with Crippen LogP contribution in [0.2, 0.25) is 0 Å². The van der Waals surface area contributed by atoms with E-state index in [1.807, 2.05) is 18.2 Å². The molecule has 1 amide bonds. The summed E-state index contributed by atoms with van der Waals surface area (Å²) in [6.45, 7) is 0. The van der Waals surface area contributed by atoms with Crippen molar-refractivity contribution in [3.63, 3.8) is 0 Å². The molecule has 0 unspecified atom stereocenters. The van der Waals surface area contributed by atoms with Crippen molar-refractivity contribution in [2.75, 3.05) is 12.4 Å². The van der Waals surface area contributed by atoms with E-state index in [-0.39, 0.29) is 11.5 Å². The number of non-ortho nitro benzene ring substituents is 1. The Bertz CT molecular complexity index is 891. The summed E-state index contributed by atoms with van der Waals surface area (Å²) < 4.78 is 5.26. The van der Waals surface area contributed by atoms with E-state index in [2.05, 4.69) is 15.5 Å². The second-order valence-electron chi connectivity index (χ2n) is 5.07. The molecule has 0 saturated carbocycles. The summed E-state index contributed by atoms with van der Waals surface area (Å²) in [4.78, 5) is 22.9. The lowest BCUT2D eigenvalue weighted by molar-refractivity contribution is -0.384. The molecule has 2 N–H and O–H groups in total. The van der Waals surface area contributed by atoms with Crippen LogP contribution >= 0.6 is 0 Å². The van der Waals surface area contributed by atoms with Crippen LogP contribution in [0.1, 0.15) is 11.7 Å². The van der Waals surface area contributed by atoms with Crippen LogP contribution in [0.3, 0.4) is 0 Å². The molecule has 3 rings (SSSR count). The second-order valence-corrected chi connectivity index (χ2v) is 5.07. The SMILES string of the molecule is CO[C@@H](C(=O)Nc1n[nH]c2ccc([N+](=O)[O-])cc12)c1ccccc1. The van der Waals surface area contributed by atoms with E-state index < -0.39 is 16.9 Å². The van der Waals surface area contributed by atoms with E-state index in [0.29, 0.717) is 16.5 Å². The first-order valence-electron chi connectivity index (χ1n) is 7.11.